The molecule has 2 heteroatoms. The molecule has 1 heterocycles. The van der Waals surface area contributed by atoms with Crippen LogP contribution in [-0.4, -0.2) is 29.6 Å². The lowest BCUT2D eigenvalue weighted by molar-refractivity contribution is 0.127. The fraction of sp³-hybridized carbons (Fsp3) is 1.00. The summed E-state index contributed by atoms with van der Waals surface area (Å²) in [6, 6.07) is 0.739. The topological polar surface area (TPSA) is 29.3 Å². The van der Waals surface area contributed by atoms with Gasteiger partial charge in [-0.1, -0.05) is 13.3 Å². The Morgan fingerprint density at radius 3 is 2.69 bits per heavy atom. The summed E-state index contributed by atoms with van der Waals surface area (Å²) in [7, 11) is 0. The van der Waals surface area contributed by atoms with Crippen LogP contribution in [0.15, 0.2) is 0 Å². The monoisotopic (exact) mass is 184 g/mol. The van der Waals surface area contributed by atoms with Gasteiger partial charge in [0.15, 0.2) is 0 Å². The van der Waals surface area contributed by atoms with Crippen molar-refractivity contribution in [2.45, 2.75) is 58.0 Å². The van der Waals surface area contributed by atoms with Crippen LogP contribution in [-0.2, 0) is 0 Å². The zero-order valence-corrected chi connectivity index (χ0v) is 9.34. The first-order chi connectivity index (χ1) is 6.05. The molecule has 13 heavy (non-hydrogen) atoms. The molecule has 78 valence electrons. The van der Waals surface area contributed by atoms with Gasteiger partial charge in [-0.15, -0.1) is 0 Å². The third-order valence-electron chi connectivity index (χ3n) is 3.31. The Kier molecular flexibility index (Phi) is 3.74. The van der Waals surface area contributed by atoms with Crippen molar-refractivity contribution in [3.8, 4) is 0 Å². The summed E-state index contributed by atoms with van der Waals surface area (Å²) in [5, 5.41) is 0. The molecule has 2 atom stereocenters. The summed E-state index contributed by atoms with van der Waals surface area (Å²) in [4.78, 5) is 2.55. The van der Waals surface area contributed by atoms with E-state index in [9.17, 15) is 0 Å². The van der Waals surface area contributed by atoms with Gasteiger partial charge in [-0.05, 0) is 39.7 Å². The highest BCUT2D eigenvalue weighted by atomic mass is 15.2. The Morgan fingerprint density at radius 2 is 2.15 bits per heavy atom. The minimum absolute atomic E-state index is 0.00556. The molecule has 1 rings (SSSR count). The number of rotatable bonds is 3. The number of nitrogens with zero attached hydrogens (tertiary/aromatic N) is 1. The molecular formula is C11H24N2. The number of piperidine rings is 1. The highest BCUT2D eigenvalue weighted by Crippen LogP contribution is 2.19. The van der Waals surface area contributed by atoms with Gasteiger partial charge in [0.05, 0.1) is 0 Å². The van der Waals surface area contributed by atoms with E-state index in [-0.39, 0.29) is 5.54 Å². The van der Waals surface area contributed by atoms with Crippen molar-refractivity contribution in [1.82, 2.24) is 4.90 Å². The van der Waals surface area contributed by atoms with Gasteiger partial charge in [-0.2, -0.15) is 0 Å². The van der Waals surface area contributed by atoms with E-state index >= 15 is 0 Å². The molecule has 0 aliphatic carbocycles. The Hall–Kier alpha value is -0.0800. The average molecular weight is 184 g/mol. The summed E-state index contributed by atoms with van der Waals surface area (Å²) in [5.74, 6) is 0. The van der Waals surface area contributed by atoms with E-state index < -0.39 is 0 Å². The van der Waals surface area contributed by atoms with Gasteiger partial charge in [0.2, 0.25) is 0 Å². The van der Waals surface area contributed by atoms with Gasteiger partial charge in [-0.25, -0.2) is 0 Å². The van der Waals surface area contributed by atoms with Gasteiger partial charge in [0, 0.05) is 18.1 Å². The normalized spacial score (nSPS) is 30.0. The van der Waals surface area contributed by atoms with E-state index in [1.807, 2.05) is 0 Å². The van der Waals surface area contributed by atoms with E-state index in [1.54, 1.807) is 0 Å². The van der Waals surface area contributed by atoms with Crippen LogP contribution in [0, 0.1) is 0 Å². The minimum Gasteiger partial charge on any atom is -0.324 e. The molecule has 0 radical (unpaired) electrons. The number of hydrogen-bond donors (Lipinski definition) is 1. The second-order valence-corrected chi connectivity index (χ2v) is 4.82. The predicted octanol–water partition coefficient (Wildman–Crippen LogP) is 1.99. The fourth-order valence-corrected chi connectivity index (χ4v) is 1.97. The SMILES string of the molecule is CCC(C)(N)CN1CCCCC1C. The molecule has 0 aromatic heterocycles. The summed E-state index contributed by atoms with van der Waals surface area (Å²) < 4.78 is 0. The van der Waals surface area contributed by atoms with Crippen LogP contribution in [0.25, 0.3) is 0 Å². The molecule has 0 bridgehead atoms. The van der Waals surface area contributed by atoms with Crippen LogP contribution in [0.3, 0.4) is 0 Å². The maximum Gasteiger partial charge on any atom is 0.0252 e. The largest absolute Gasteiger partial charge is 0.324 e. The van der Waals surface area contributed by atoms with E-state index in [0.717, 1.165) is 19.0 Å². The molecule has 1 aliphatic rings. The number of nitrogens with two attached hydrogens (primary N) is 1. The lowest BCUT2D eigenvalue weighted by Crippen LogP contribution is -2.51. The van der Waals surface area contributed by atoms with Crippen LogP contribution in [0.2, 0.25) is 0 Å². The van der Waals surface area contributed by atoms with E-state index in [2.05, 4.69) is 25.7 Å². The van der Waals surface area contributed by atoms with Gasteiger partial charge >= 0.3 is 0 Å². The first-order valence-electron chi connectivity index (χ1n) is 5.58. The maximum absolute atomic E-state index is 6.17. The molecule has 1 saturated heterocycles. The Balaban J connectivity index is 2.42. The first kappa shape index (κ1) is 11.0. The highest BCUT2D eigenvalue weighted by Gasteiger charge is 2.25. The van der Waals surface area contributed by atoms with Crippen molar-refractivity contribution in [1.29, 1.82) is 0 Å². The fourth-order valence-electron chi connectivity index (χ4n) is 1.97. The third kappa shape index (κ3) is 3.28. The molecule has 2 nitrogen and oxygen atoms in total. The summed E-state index contributed by atoms with van der Waals surface area (Å²) in [5.41, 5.74) is 6.17. The Morgan fingerprint density at radius 1 is 1.46 bits per heavy atom. The van der Waals surface area contributed by atoms with Crippen LogP contribution in [0.4, 0.5) is 0 Å². The van der Waals surface area contributed by atoms with E-state index in [4.69, 9.17) is 5.73 Å². The Bertz CT molecular complexity index is 154. The molecule has 2 N–H and O–H groups in total. The van der Waals surface area contributed by atoms with Crippen molar-refractivity contribution in [2.75, 3.05) is 13.1 Å². The molecular weight excluding hydrogens is 160 g/mol. The average Bonchev–Trinajstić information content (AvgIpc) is 2.09. The zero-order chi connectivity index (χ0) is 9.90. The van der Waals surface area contributed by atoms with Gasteiger partial charge < -0.3 is 5.73 Å². The van der Waals surface area contributed by atoms with E-state index in [1.165, 1.54) is 25.8 Å². The zero-order valence-electron chi connectivity index (χ0n) is 9.34. The molecule has 0 spiro atoms. The first-order valence-corrected chi connectivity index (χ1v) is 5.58. The van der Waals surface area contributed by atoms with Gasteiger partial charge in [0.1, 0.15) is 0 Å². The van der Waals surface area contributed by atoms with E-state index in [0.29, 0.717) is 0 Å². The van der Waals surface area contributed by atoms with Crippen molar-refractivity contribution >= 4 is 0 Å². The van der Waals surface area contributed by atoms with Crippen LogP contribution in [0.5, 0.6) is 0 Å². The lowest BCUT2D eigenvalue weighted by atomic mass is 9.96. The quantitative estimate of drug-likeness (QED) is 0.727. The summed E-state index contributed by atoms with van der Waals surface area (Å²) in [6.07, 6.45) is 5.16. The third-order valence-corrected chi connectivity index (χ3v) is 3.31. The molecule has 0 aromatic carbocycles. The van der Waals surface area contributed by atoms with Crippen molar-refractivity contribution in [3.63, 3.8) is 0 Å². The molecule has 1 fully saturated rings. The second kappa shape index (κ2) is 4.43. The number of likely N-dealkylation sites (tertiary alicyclic amines) is 1. The molecule has 1 aliphatic heterocycles. The summed E-state index contributed by atoms with van der Waals surface area (Å²) >= 11 is 0. The highest BCUT2D eigenvalue weighted by molar-refractivity contribution is 4.84. The molecule has 0 saturated carbocycles. The van der Waals surface area contributed by atoms with Gasteiger partial charge in [-0.3, -0.25) is 4.90 Å². The molecule has 2 unspecified atom stereocenters. The smallest absolute Gasteiger partial charge is 0.0252 e. The van der Waals surface area contributed by atoms with Crippen molar-refractivity contribution in [2.24, 2.45) is 5.73 Å². The van der Waals surface area contributed by atoms with Crippen LogP contribution in [0.1, 0.15) is 46.5 Å². The second-order valence-electron chi connectivity index (χ2n) is 4.82. The minimum atomic E-state index is 0.00556. The Labute approximate surface area is 82.5 Å². The van der Waals surface area contributed by atoms with Crippen LogP contribution < -0.4 is 5.73 Å². The summed E-state index contributed by atoms with van der Waals surface area (Å²) in [6.45, 7) is 8.96. The lowest BCUT2D eigenvalue weighted by Gasteiger charge is -2.38. The maximum atomic E-state index is 6.17. The van der Waals surface area contributed by atoms with Crippen molar-refractivity contribution in [3.05, 3.63) is 0 Å². The standard InChI is InChI=1S/C11H24N2/c1-4-11(3,12)9-13-8-6-5-7-10(13)2/h10H,4-9,12H2,1-3H3. The van der Waals surface area contributed by atoms with Gasteiger partial charge in [0.25, 0.3) is 0 Å². The predicted molar refractivity (Wildman–Crippen MR) is 57.8 cm³/mol. The van der Waals surface area contributed by atoms with Crippen LogP contribution >= 0.6 is 0 Å². The van der Waals surface area contributed by atoms with Crippen molar-refractivity contribution < 1.29 is 0 Å². The number of hydrogen-bond acceptors (Lipinski definition) is 2. The molecule has 0 amide bonds. The molecule has 0 aromatic rings.